The number of guanidine groups is 1. The Kier molecular flexibility index (Phi) is 12.2. The minimum atomic E-state index is 0. The molecule has 0 aliphatic carbocycles. The third-order valence-corrected chi connectivity index (χ3v) is 3.09. The van der Waals surface area contributed by atoms with Gasteiger partial charge in [-0.05, 0) is 24.6 Å². The summed E-state index contributed by atoms with van der Waals surface area (Å²) in [5.41, 5.74) is 0.962. The van der Waals surface area contributed by atoms with Gasteiger partial charge in [-0.3, -0.25) is 0 Å². The van der Waals surface area contributed by atoms with Crippen LogP contribution in [0.4, 0.5) is 0 Å². The number of benzene rings is 1. The largest absolute Gasteiger partial charge is 0.493 e. The molecule has 0 fully saturated rings. The van der Waals surface area contributed by atoms with Crippen molar-refractivity contribution in [3.63, 3.8) is 0 Å². The van der Waals surface area contributed by atoms with E-state index >= 15 is 0 Å². The van der Waals surface area contributed by atoms with Gasteiger partial charge in [0.2, 0.25) is 5.75 Å². The monoisotopic (exact) mass is 453 g/mol. The Morgan fingerprint density at radius 3 is 2.08 bits per heavy atom. The predicted molar refractivity (Wildman–Crippen MR) is 106 cm³/mol. The zero-order chi connectivity index (χ0) is 17.1. The fourth-order valence-electron chi connectivity index (χ4n) is 2.01. The fourth-order valence-corrected chi connectivity index (χ4v) is 2.01. The van der Waals surface area contributed by atoms with Gasteiger partial charge in [-0.1, -0.05) is 0 Å². The Bertz CT molecular complexity index is 487. The maximum Gasteiger partial charge on any atom is 0.203 e. The average molecular weight is 453 g/mol. The number of methoxy groups -OCH3 is 4. The van der Waals surface area contributed by atoms with Crippen molar-refractivity contribution in [2.24, 2.45) is 4.99 Å². The van der Waals surface area contributed by atoms with Crippen LogP contribution in [0.15, 0.2) is 17.1 Å². The van der Waals surface area contributed by atoms with Gasteiger partial charge < -0.3 is 29.6 Å². The van der Waals surface area contributed by atoms with Gasteiger partial charge in [0.25, 0.3) is 0 Å². The highest BCUT2D eigenvalue weighted by Gasteiger charge is 2.13. The van der Waals surface area contributed by atoms with Crippen LogP contribution in [0.2, 0.25) is 0 Å². The molecule has 0 radical (unpaired) electrons. The van der Waals surface area contributed by atoms with E-state index in [9.17, 15) is 0 Å². The number of hydrogen-bond donors (Lipinski definition) is 2. The molecule has 1 aromatic carbocycles. The van der Waals surface area contributed by atoms with Crippen LogP contribution < -0.4 is 24.8 Å². The minimum absolute atomic E-state index is 0. The summed E-state index contributed by atoms with van der Waals surface area (Å²) < 4.78 is 21.0. The molecule has 0 atom stereocenters. The van der Waals surface area contributed by atoms with Crippen molar-refractivity contribution in [3.8, 4) is 17.2 Å². The molecule has 0 bridgehead atoms. The number of aliphatic imine (C=N–C) groups is 1. The lowest BCUT2D eigenvalue weighted by Gasteiger charge is -2.14. The number of ether oxygens (including phenoxy) is 4. The number of nitrogens with zero attached hydrogens (tertiary/aromatic N) is 1. The van der Waals surface area contributed by atoms with Gasteiger partial charge in [-0.2, -0.15) is 0 Å². The smallest absolute Gasteiger partial charge is 0.203 e. The Balaban J connectivity index is 0.00000529. The third-order valence-electron chi connectivity index (χ3n) is 3.09. The normalized spacial score (nSPS) is 10.6. The summed E-state index contributed by atoms with van der Waals surface area (Å²) in [5, 5.41) is 6.39. The summed E-state index contributed by atoms with van der Waals surface area (Å²) in [4.78, 5) is 4.55. The highest BCUT2D eigenvalue weighted by Crippen LogP contribution is 2.38. The minimum Gasteiger partial charge on any atom is -0.493 e. The van der Waals surface area contributed by atoms with E-state index < -0.39 is 0 Å². The molecule has 0 amide bonds. The van der Waals surface area contributed by atoms with Crippen LogP contribution in [-0.4, -0.2) is 54.1 Å². The first-order valence-electron chi connectivity index (χ1n) is 7.50. The molecule has 0 aromatic heterocycles. The SMILES string of the molecule is CCNC(=NCc1cc(OC)c(OC)c(OC)c1)NCCOC.I. The highest BCUT2D eigenvalue weighted by atomic mass is 127. The molecule has 1 aromatic rings. The zero-order valence-corrected chi connectivity index (χ0v) is 17.3. The number of rotatable bonds is 9. The quantitative estimate of drug-likeness (QED) is 0.258. The molecule has 0 unspecified atom stereocenters. The summed E-state index contributed by atoms with van der Waals surface area (Å²) in [6.45, 7) is 4.60. The molecule has 0 aliphatic heterocycles. The van der Waals surface area contributed by atoms with Gasteiger partial charge >= 0.3 is 0 Å². The first kappa shape index (κ1) is 22.6. The molecule has 8 heteroatoms. The Morgan fingerprint density at radius 2 is 1.62 bits per heavy atom. The molecule has 0 spiro atoms. The maximum atomic E-state index is 5.35. The molecule has 0 saturated heterocycles. The van der Waals surface area contributed by atoms with Crippen molar-refractivity contribution in [1.29, 1.82) is 0 Å². The molecule has 0 saturated carbocycles. The Morgan fingerprint density at radius 1 is 1.00 bits per heavy atom. The third kappa shape index (κ3) is 7.00. The van der Waals surface area contributed by atoms with Crippen molar-refractivity contribution >= 4 is 29.9 Å². The van der Waals surface area contributed by atoms with E-state index in [4.69, 9.17) is 18.9 Å². The van der Waals surface area contributed by atoms with Crippen molar-refractivity contribution in [3.05, 3.63) is 17.7 Å². The van der Waals surface area contributed by atoms with Crippen LogP contribution in [0.1, 0.15) is 12.5 Å². The molecule has 1 rings (SSSR count). The summed E-state index contributed by atoms with van der Waals surface area (Å²) in [6.07, 6.45) is 0. The standard InChI is InChI=1S/C16H27N3O4.HI/c1-6-17-16(18-7-8-20-2)19-11-12-9-13(21-3)15(23-5)14(10-12)22-4;/h9-10H,6-8,11H2,1-5H3,(H2,17,18,19);1H. The van der Waals surface area contributed by atoms with Gasteiger partial charge in [-0.25, -0.2) is 4.99 Å². The predicted octanol–water partition coefficient (Wildman–Crippen LogP) is 2.03. The van der Waals surface area contributed by atoms with E-state index in [1.807, 2.05) is 19.1 Å². The van der Waals surface area contributed by atoms with E-state index in [-0.39, 0.29) is 24.0 Å². The van der Waals surface area contributed by atoms with Crippen molar-refractivity contribution in [1.82, 2.24) is 10.6 Å². The second-order valence-corrected chi connectivity index (χ2v) is 4.65. The van der Waals surface area contributed by atoms with Gasteiger partial charge in [0.15, 0.2) is 17.5 Å². The van der Waals surface area contributed by atoms with Gasteiger partial charge in [0, 0.05) is 20.2 Å². The summed E-state index contributed by atoms with van der Waals surface area (Å²) in [5.74, 6) is 2.55. The molecule has 24 heavy (non-hydrogen) atoms. The molecular formula is C16H28IN3O4. The van der Waals surface area contributed by atoms with E-state index in [1.165, 1.54) is 0 Å². The molecule has 7 nitrogen and oxygen atoms in total. The van der Waals surface area contributed by atoms with Crippen LogP contribution in [0.25, 0.3) is 0 Å². The topological polar surface area (TPSA) is 73.3 Å². The van der Waals surface area contributed by atoms with Gasteiger partial charge in [-0.15, -0.1) is 24.0 Å². The van der Waals surface area contributed by atoms with Crippen LogP contribution in [0.5, 0.6) is 17.2 Å². The lowest BCUT2D eigenvalue weighted by Crippen LogP contribution is -2.38. The fraction of sp³-hybridized carbons (Fsp3) is 0.562. The van der Waals surface area contributed by atoms with Crippen LogP contribution in [0.3, 0.4) is 0 Å². The van der Waals surface area contributed by atoms with Crippen LogP contribution >= 0.6 is 24.0 Å². The molecule has 0 aliphatic rings. The van der Waals surface area contributed by atoms with Crippen LogP contribution in [-0.2, 0) is 11.3 Å². The number of hydrogen-bond acceptors (Lipinski definition) is 5. The Hall–Kier alpha value is -1.42. The first-order valence-corrected chi connectivity index (χ1v) is 7.50. The van der Waals surface area contributed by atoms with Gasteiger partial charge in [0.1, 0.15) is 0 Å². The zero-order valence-electron chi connectivity index (χ0n) is 15.0. The van der Waals surface area contributed by atoms with E-state index in [1.54, 1.807) is 28.4 Å². The van der Waals surface area contributed by atoms with Gasteiger partial charge in [0.05, 0.1) is 34.5 Å². The molecular weight excluding hydrogens is 425 g/mol. The van der Waals surface area contributed by atoms with E-state index in [0.717, 1.165) is 18.1 Å². The second kappa shape index (κ2) is 12.9. The van der Waals surface area contributed by atoms with Crippen LogP contribution in [0, 0.1) is 0 Å². The molecule has 138 valence electrons. The molecule has 2 N–H and O–H groups in total. The number of halogens is 1. The number of nitrogens with one attached hydrogen (secondary N) is 2. The summed E-state index contributed by atoms with van der Waals surface area (Å²) >= 11 is 0. The highest BCUT2D eigenvalue weighted by molar-refractivity contribution is 14.0. The summed E-state index contributed by atoms with van der Waals surface area (Å²) in [6, 6.07) is 3.78. The van der Waals surface area contributed by atoms with E-state index in [2.05, 4.69) is 15.6 Å². The molecule has 0 heterocycles. The van der Waals surface area contributed by atoms with Crippen molar-refractivity contribution < 1.29 is 18.9 Å². The maximum absolute atomic E-state index is 5.35. The van der Waals surface area contributed by atoms with Crippen molar-refractivity contribution in [2.45, 2.75) is 13.5 Å². The lowest BCUT2D eigenvalue weighted by molar-refractivity contribution is 0.203. The van der Waals surface area contributed by atoms with E-state index in [0.29, 0.717) is 36.9 Å². The first-order chi connectivity index (χ1) is 11.2. The lowest BCUT2D eigenvalue weighted by atomic mass is 10.2. The Labute approximate surface area is 161 Å². The van der Waals surface area contributed by atoms with Crippen molar-refractivity contribution in [2.75, 3.05) is 48.1 Å². The average Bonchev–Trinajstić information content (AvgIpc) is 2.58. The second-order valence-electron chi connectivity index (χ2n) is 4.65. The summed E-state index contributed by atoms with van der Waals surface area (Å²) in [7, 11) is 6.45.